The van der Waals surface area contributed by atoms with E-state index in [-0.39, 0.29) is 0 Å². The summed E-state index contributed by atoms with van der Waals surface area (Å²) in [4.78, 5) is 15.4. The van der Waals surface area contributed by atoms with Gasteiger partial charge in [-0.2, -0.15) is 0 Å². The van der Waals surface area contributed by atoms with Gasteiger partial charge in [0, 0.05) is 24.7 Å². The maximum atomic E-state index is 10.7. The van der Waals surface area contributed by atoms with Crippen LogP contribution in [-0.2, 0) is 6.54 Å². The maximum Gasteiger partial charge on any atom is 0.312 e. The standard InChI is InChI=1S/C13H17N5O/c14-9-3-4-11-10(7-9)17-12(8-1-2-8)18(11)6-5-16-13(15)19/h3-4,7-8H,1-2,5-6,14H2,(H3,15,16,19). The molecule has 1 fully saturated rings. The van der Waals surface area contributed by atoms with Crippen molar-refractivity contribution in [2.24, 2.45) is 5.73 Å². The van der Waals surface area contributed by atoms with Gasteiger partial charge in [0.2, 0.25) is 0 Å². The lowest BCUT2D eigenvalue weighted by molar-refractivity contribution is 0.248. The Bertz CT molecular complexity index is 629. The van der Waals surface area contributed by atoms with Crippen LogP contribution in [-0.4, -0.2) is 22.1 Å². The van der Waals surface area contributed by atoms with Crippen LogP contribution in [0.5, 0.6) is 0 Å². The van der Waals surface area contributed by atoms with Crippen LogP contribution in [0.3, 0.4) is 0 Å². The average Bonchev–Trinajstić information content (AvgIpc) is 3.13. The quantitative estimate of drug-likeness (QED) is 0.718. The van der Waals surface area contributed by atoms with Gasteiger partial charge in [-0.1, -0.05) is 0 Å². The number of fused-ring (bicyclic) bond motifs is 1. The van der Waals surface area contributed by atoms with E-state index in [9.17, 15) is 4.79 Å². The van der Waals surface area contributed by atoms with Gasteiger partial charge in [0.25, 0.3) is 0 Å². The molecule has 100 valence electrons. The zero-order valence-electron chi connectivity index (χ0n) is 10.6. The summed E-state index contributed by atoms with van der Waals surface area (Å²) in [5.74, 6) is 1.63. The predicted molar refractivity (Wildman–Crippen MR) is 73.7 cm³/mol. The minimum atomic E-state index is -0.498. The summed E-state index contributed by atoms with van der Waals surface area (Å²) in [6.45, 7) is 1.18. The number of aromatic nitrogens is 2. The van der Waals surface area contributed by atoms with Gasteiger partial charge in [-0.25, -0.2) is 9.78 Å². The molecule has 6 heteroatoms. The topological polar surface area (TPSA) is 99.0 Å². The van der Waals surface area contributed by atoms with Crippen molar-refractivity contribution in [1.82, 2.24) is 14.9 Å². The summed E-state index contributed by atoms with van der Waals surface area (Å²) < 4.78 is 2.16. The van der Waals surface area contributed by atoms with E-state index >= 15 is 0 Å². The minimum absolute atomic E-state index is 0.498. The first-order chi connectivity index (χ1) is 9.15. The first-order valence-electron chi connectivity index (χ1n) is 6.44. The summed E-state index contributed by atoms with van der Waals surface area (Å²) in [5, 5.41) is 2.61. The number of carbonyl (C=O) groups is 1. The van der Waals surface area contributed by atoms with Crippen LogP contribution in [0, 0.1) is 0 Å². The second kappa shape index (κ2) is 4.46. The number of nitrogens with zero attached hydrogens (tertiary/aromatic N) is 2. The number of primary amides is 1. The average molecular weight is 259 g/mol. The molecular weight excluding hydrogens is 242 g/mol. The number of rotatable bonds is 4. The smallest absolute Gasteiger partial charge is 0.312 e. The van der Waals surface area contributed by atoms with E-state index in [2.05, 4.69) is 14.9 Å². The number of amides is 2. The number of nitrogen functional groups attached to an aromatic ring is 1. The molecule has 0 radical (unpaired) electrons. The first-order valence-corrected chi connectivity index (χ1v) is 6.44. The van der Waals surface area contributed by atoms with Crippen molar-refractivity contribution in [2.75, 3.05) is 12.3 Å². The fraction of sp³-hybridized carbons (Fsp3) is 0.385. The Balaban J connectivity index is 1.94. The molecule has 1 aliphatic carbocycles. The predicted octanol–water partition coefficient (Wildman–Crippen LogP) is 1.16. The van der Waals surface area contributed by atoms with Gasteiger partial charge in [0.05, 0.1) is 11.0 Å². The molecule has 1 saturated carbocycles. The zero-order valence-corrected chi connectivity index (χ0v) is 10.6. The van der Waals surface area contributed by atoms with Crippen molar-refractivity contribution < 1.29 is 4.79 Å². The Labute approximate surface area is 110 Å². The Morgan fingerprint density at radius 3 is 2.95 bits per heavy atom. The van der Waals surface area contributed by atoms with Crippen LogP contribution in [0.15, 0.2) is 18.2 Å². The van der Waals surface area contributed by atoms with Gasteiger partial charge in [-0.05, 0) is 31.0 Å². The molecule has 0 saturated heterocycles. The van der Waals surface area contributed by atoms with Crippen molar-refractivity contribution in [2.45, 2.75) is 25.3 Å². The SMILES string of the molecule is NC(=O)NCCn1c(C2CC2)nc2cc(N)ccc21. The van der Waals surface area contributed by atoms with Gasteiger partial charge in [-0.3, -0.25) is 0 Å². The van der Waals surface area contributed by atoms with Crippen molar-refractivity contribution in [1.29, 1.82) is 0 Å². The van der Waals surface area contributed by atoms with E-state index in [0.717, 1.165) is 22.5 Å². The molecule has 5 N–H and O–H groups in total. The highest BCUT2D eigenvalue weighted by atomic mass is 16.2. The normalized spacial score (nSPS) is 14.7. The summed E-state index contributed by atoms with van der Waals surface area (Å²) in [7, 11) is 0. The number of imidazole rings is 1. The van der Waals surface area contributed by atoms with Gasteiger partial charge in [0.15, 0.2) is 0 Å². The number of nitrogens with one attached hydrogen (secondary N) is 1. The number of hydrogen-bond acceptors (Lipinski definition) is 3. The highest BCUT2D eigenvalue weighted by Gasteiger charge is 2.29. The highest BCUT2D eigenvalue weighted by molar-refractivity contribution is 5.80. The second-order valence-corrected chi connectivity index (χ2v) is 4.94. The third kappa shape index (κ3) is 2.33. The van der Waals surface area contributed by atoms with Crippen LogP contribution in [0.4, 0.5) is 10.5 Å². The number of carbonyl (C=O) groups excluding carboxylic acids is 1. The highest BCUT2D eigenvalue weighted by Crippen LogP contribution is 2.40. The molecule has 0 atom stereocenters. The Morgan fingerprint density at radius 1 is 1.47 bits per heavy atom. The molecule has 2 aromatic rings. The summed E-state index contributed by atoms with van der Waals surface area (Å²) in [6, 6.07) is 5.24. The number of benzene rings is 1. The third-order valence-corrected chi connectivity index (χ3v) is 3.38. The monoisotopic (exact) mass is 259 g/mol. The summed E-state index contributed by atoms with van der Waals surface area (Å²) in [5.41, 5.74) is 13.6. The Kier molecular flexibility index (Phi) is 2.77. The molecule has 1 aliphatic rings. The fourth-order valence-electron chi connectivity index (χ4n) is 2.34. The minimum Gasteiger partial charge on any atom is -0.399 e. The van der Waals surface area contributed by atoms with Gasteiger partial charge in [-0.15, -0.1) is 0 Å². The van der Waals surface area contributed by atoms with Crippen LogP contribution >= 0.6 is 0 Å². The van der Waals surface area contributed by atoms with Crippen molar-refractivity contribution in [3.05, 3.63) is 24.0 Å². The lowest BCUT2D eigenvalue weighted by atomic mass is 10.3. The van der Waals surface area contributed by atoms with Crippen molar-refractivity contribution in [3.8, 4) is 0 Å². The molecule has 0 unspecified atom stereocenters. The molecule has 3 rings (SSSR count). The first kappa shape index (κ1) is 11.8. The van der Waals surface area contributed by atoms with Gasteiger partial charge in [0.1, 0.15) is 5.82 Å². The molecule has 0 spiro atoms. The molecule has 0 aliphatic heterocycles. The van der Waals surface area contributed by atoms with Crippen LogP contribution < -0.4 is 16.8 Å². The Morgan fingerprint density at radius 2 is 2.26 bits per heavy atom. The summed E-state index contributed by atoms with van der Waals surface area (Å²) >= 11 is 0. The lowest BCUT2D eigenvalue weighted by Crippen LogP contribution is -2.32. The molecule has 19 heavy (non-hydrogen) atoms. The Hall–Kier alpha value is -2.24. The molecule has 1 aromatic carbocycles. The van der Waals surface area contributed by atoms with Crippen molar-refractivity contribution in [3.63, 3.8) is 0 Å². The number of urea groups is 1. The largest absolute Gasteiger partial charge is 0.399 e. The van der Waals surface area contributed by atoms with E-state index in [0.29, 0.717) is 19.0 Å². The van der Waals surface area contributed by atoms with Crippen LogP contribution in [0.2, 0.25) is 0 Å². The van der Waals surface area contributed by atoms with E-state index in [1.54, 1.807) is 0 Å². The molecule has 1 aromatic heterocycles. The zero-order chi connectivity index (χ0) is 13.4. The molecule has 2 amide bonds. The fourth-order valence-corrected chi connectivity index (χ4v) is 2.34. The van der Waals surface area contributed by atoms with Crippen LogP contribution in [0.25, 0.3) is 11.0 Å². The summed E-state index contributed by atoms with van der Waals surface area (Å²) in [6.07, 6.45) is 2.37. The molecular formula is C13H17N5O. The van der Waals surface area contributed by atoms with Gasteiger partial charge >= 0.3 is 6.03 Å². The number of hydrogen-bond donors (Lipinski definition) is 3. The number of nitrogens with two attached hydrogens (primary N) is 2. The maximum absolute atomic E-state index is 10.7. The molecule has 6 nitrogen and oxygen atoms in total. The second-order valence-electron chi connectivity index (χ2n) is 4.94. The molecule has 0 bridgehead atoms. The van der Waals surface area contributed by atoms with E-state index in [4.69, 9.17) is 11.5 Å². The van der Waals surface area contributed by atoms with E-state index in [1.807, 2.05) is 18.2 Å². The lowest BCUT2D eigenvalue weighted by Gasteiger charge is -2.08. The van der Waals surface area contributed by atoms with Crippen molar-refractivity contribution >= 4 is 22.8 Å². The number of anilines is 1. The molecule has 1 heterocycles. The van der Waals surface area contributed by atoms with E-state index in [1.165, 1.54) is 12.8 Å². The third-order valence-electron chi connectivity index (χ3n) is 3.38. The van der Waals surface area contributed by atoms with Gasteiger partial charge < -0.3 is 21.4 Å². The van der Waals surface area contributed by atoms with E-state index < -0.39 is 6.03 Å². The van der Waals surface area contributed by atoms with Crippen LogP contribution in [0.1, 0.15) is 24.6 Å².